The van der Waals surface area contributed by atoms with Crippen molar-refractivity contribution in [2.24, 2.45) is 10.1 Å². The molecule has 0 radical (unpaired) electrons. The maximum atomic E-state index is 11.6. The molecular formula is C11H10N3O+. The highest BCUT2D eigenvalue weighted by molar-refractivity contribution is 5.94. The summed E-state index contributed by atoms with van der Waals surface area (Å²) in [5.41, 5.74) is 0.591. The summed E-state index contributed by atoms with van der Waals surface area (Å²) in [6.45, 7) is 0.537. The van der Waals surface area contributed by atoms with Gasteiger partial charge in [-0.25, -0.2) is 0 Å². The molecule has 74 valence electrons. The molecule has 0 spiro atoms. The summed E-state index contributed by atoms with van der Waals surface area (Å²) in [5, 5.41) is 3.92. The third-order valence-electron chi connectivity index (χ3n) is 1.94. The van der Waals surface area contributed by atoms with Gasteiger partial charge in [-0.05, 0) is 12.1 Å². The minimum absolute atomic E-state index is 0.240. The van der Waals surface area contributed by atoms with Crippen LogP contribution in [0.1, 0.15) is 10.4 Å². The van der Waals surface area contributed by atoms with Gasteiger partial charge in [-0.1, -0.05) is 22.9 Å². The van der Waals surface area contributed by atoms with Crippen LogP contribution >= 0.6 is 0 Å². The number of carbonyl (C=O) groups is 1. The molecule has 0 saturated heterocycles. The van der Waals surface area contributed by atoms with Gasteiger partial charge in [0.1, 0.15) is 0 Å². The Morgan fingerprint density at radius 3 is 2.80 bits per heavy atom. The first-order valence-corrected chi connectivity index (χ1v) is 4.62. The van der Waals surface area contributed by atoms with Crippen LogP contribution in [0.3, 0.4) is 0 Å². The van der Waals surface area contributed by atoms with Crippen molar-refractivity contribution in [2.45, 2.75) is 0 Å². The summed E-state index contributed by atoms with van der Waals surface area (Å²) >= 11 is 0. The van der Waals surface area contributed by atoms with Gasteiger partial charge < -0.3 is 0 Å². The molecule has 0 saturated carbocycles. The zero-order valence-electron chi connectivity index (χ0n) is 8.08. The van der Waals surface area contributed by atoms with Crippen molar-refractivity contribution >= 4 is 12.1 Å². The third-order valence-corrected chi connectivity index (χ3v) is 1.94. The molecule has 1 aromatic rings. The van der Waals surface area contributed by atoms with Crippen molar-refractivity contribution < 1.29 is 9.49 Å². The molecule has 4 heteroatoms. The fourth-order valence-electron chi connectivity index (χ4n) is 1.20. The summed E-state index contributed by atoms with van der Waals surface area (Å²) in [6.07, 6.45) is 4.97. The number of azo groups is 2. The Labute approximate surface area is 87.3 Å². The lowest BCUT2D eigenvalue weighted by atomic mass is 10.2. The van der Waals surface area contributed by atoms with Crippen molar-refractivity contribution in [2.75, 3.05) is 6.54 Å². The van der Waals surface area contributed by atoms with Crippen LogP contribution in [0, 0.1) is 0 Å². The van der Waals surface area contributed by atoms with Crippen molar-refractivity contribution in [3.05, 3.63) is 48.3 Å². The van der Waals surface area contributed by atoms with Crippen LogP contribution in [0.2, 0.25) is 0 Å². The second-order valence-corrected chi connectivity index (χ2v) is 3.02. The molecule has 4 nitrogen and oxygen atoms in total. The SMILES string of the molecule is O=C(N=[N+]1C=CN=CC1)c1ccccc1. The predicted molar refractivity (Wildman–Crippen MR) is 56.0 cm³/mol. The van der Waals surface area contributed by atoms with Crippen LogP contribution in [0.15, 0.2) is 52.8 Å². The van der Waals surface area contributed by atoms with Gasteiger partial charge in [0, 0.05) is 10.7 Å². The summed E-state index contributed by atoms with van der Waals surface area (Å²) in [4.78, 5) is 15.5. The molecule has 1 heterocycles. The molecule has 1 aliphatic rings. The summed E-state index contributed by atoms with van der Waals surface area (Å²) in [6, 6.07) is 8.98. The molecule has 0 unspecified atom stereocenters. The van der Waals surface area contributed by atoms with E-state index >= 15 is 0 Å². The summed E-state index contributed by atoms with van der Waals surface area (Å²) in [5.74, 6) is -0.240. The van der Waals surface area contributed by atoms with Crippen molar-refractivity contribution in [1.82, 2.24) is 0 Å². The Balaban J connectivity index is 2.17. The molecule has 0 aromatic heterocycles. The van der Waals surface area contributed by atoms with Crippen LogP contribution in [-0.4, -0.2) is 23.4 Å². The number of carbonyl (C=O) groups excluding carboxylic acids is 1. The standard InChI is InChI=1S/C11H10N3O/c15-11(10-4-2-1-3-5-10)13-14-8-6-12-7-9-14/h1-8H,9H2/q+1. The molecule has 15 heavy (non-hydrogen) atoms. The quantitative estimate of drug-likeness (QED) is 0.638. The lowest BCUT2D eigenvalue weighted by molar-refractivity contribution is -0.507. The van der Waals surface area contributed by atoms with E-state index in [-0.39, 0.29) is 5.91 Å². The van der Waals surface area contributed by atoms with Crippen molar-refractivity contribution in [3.8, 4) is 0 Å². The molecule has 0 atom stereocenters. The number of nitrogens with zero attached hydrogens (tertiary/aromatic N) is 3. The molecule has 1 amide bonds. The first-order chi connectivity index (χ1) is 7.36. The van der Waals surface area contributed by atoms with Crippen LogP contribution in [0.4, 0.5) is 0 Å². The fourth-order valence-corrected chi connectivity index (χ4v) is 1.20. The van der Waals surface area contributed by atoms with Gasteiger partial charge in [0.05, 0.1) is 12.4 Å². The lowest BCUT2D eigenvalue weighted by Crippen LogP contribution is -2.11. The number of aliphatic imine (C=N–C) groups is 1. The molecule has 0 fully saturated rings. The minimum Gasteiger partial charge on any atom is -0.260 e. The largest absolute Gasteiger partial charge is 0.339 e. The minimum atomic E-state index is -0.240. The van der Waals surface area contributed by atoms with Gasteiger partial charge in [0.25, 0.3) is 0 Å². The van der Waals surface area contributed by atoms with Crippen LogP contribution in [0.25, 0.3) is 0 Å². The second kappa shape index (κ2) is 4.41. The highest BCUT2D eigenvalue weighted by Gasteiger charge is 2.10. The Morgan fingerprint density at radius 1 is 1.33 bits per heavy atom. The van der Waals surface area contributed by atoms with Crippen LogP contribution in [0.5, 0.6) is 0 Å². The number of rotatable bonds is 1. The number of amides is 1. The van der Waals surface area contributed by atoms with E-state index in [1.165, 1.54) is 0 Å². The van der Waals surface area contributed by atoms with Gasteiger partial charge in [0.2, 0.25) is 12.7 Å². The van der Waals surface area contributed by atoms with E-state index in [2.05, 4.69) is 10.1 Å². The highest BCUT2D eigenvalue weighted by Crippen LogP contribution is 2.01. The predicted octanol–water partition coefficient (Wildman–Crippen LogP) is 1.85. The second-order valence-electron chi connectivity index (χ2n) is 3.02. The van der Waals surface area contributed by atoms with Gasteiger partial charge >= 0.3 is 5.91 Å². The highest BCUT2D eigenvalue weighted by atomic mass is 16.1. The van der Waals surface area contributed by atoms with Crippen LogP contribution in [-0.2, 0) is 0 Å². The first kappa shape index (κ1) is 9.45. The Hall–Kier alpha value is -2.10. The average molecular weight is 200 g/mol. The van der Waals surface area contributed by atoms with Crippen molar-refractivity contribution in [3.63, 3.8) is 0 Å². The number of benzene rings is 1. The summed E-state index contributed by atoms with van der Waals surface area (Å²) < 4.78 is 1.56. The molecule has 2 rings (SSSR count). The molecule has 0 bridgehead atoms. The van der Waals surface area contributed by atoms with Gasteiger partial charge in [-0.15, -0.1) is 0 Å². The molecular weight excluding hydrogens is 190 g/mol. The normalized spacial score (nSPS) is 16.9. The maximum Gasteiger partial charge on any atom is 0.339 e. The van der Waals surface area contributed by atoms with E-state index in [1.54, 1.807) is 35.4 Å². The van der Waals surface area contributed by atoms with Crippen molar-refractivity contribution in [1.29, 1.82) is 0 Å². The zero-order valence-corrected chi connectivity index (χ0v) is 8.08. The lowest BCUT2D eigenvalue weighted by Gasteiger charge is -1.94. The van der Waals surface area contributed by atoms with E-state index in [0.29, 0.717) is 12.1 Å². The van der Waals surface area contributed by atoms with Gasteiger partial charge in [0.15, 0.2) is 0 Å². The summed E-state index contributed by atoms with van der Waals surface area (Å²) in [7, 11) is 0. The average Bonchev–Trinajstić information content (AvgIpc) is 2.31. The Morgan fingerprint density at radius 2 is 2.13 bits per heavy atom. The molecule has 0 aliphatic carbocycles. The fraction of sp³-hybridized carbons (Fsp3) is 0.0909. The Bertz CT molecular complexity index is 446. The zero-order chi connectivity index (χ0) is 10.5. The van der Waals surface area contributed by atoms with E-state index in [4.69, 9.17) is 0 Å². The molecule has 1 aliphatic heterocycles. The van der Waals surface area contributed by atoms with Gasteiger partial charge in [-0.2, -0.15) is 0 Å². The van der Waals surface area contributed by atoms with Gasteiger partial charge in [-0.3, -0.25) is 9.79 Å². The van der Waals surface area contributed by atoms with Crippen LogP contribution < -0.4 is 0 Å². The van der Waals surface area contributed by atoms with E-state index in [1.807, 2.05) is 18.2 Å². The maximum absolute atomic E-state index is 11.6. The Kier molecular flexibility index (Phi) is 2.78. The number of hydrogen-bond donors (Lipinski definition) is 0. The third kappa shape index (κ3) is 2.43. The molecule has 1 aromatic carbocycles. The van der Waals surface area contributed by atoms with E-state index in [0.717, 1.165) is 0 Å². The smallest absolute Gasteiger partial charge is 0.260 e. The molecule has 0 N–H and O–H groups in total. The van der Waals surface area contributed by atoms with E-state index < -0.39 is 0 Å². The monoisotopic (exact) mass is 200 g/mol. The topological polar surface area (TPSA) is 44.8 Å². The first-order valence-electron chi connectivity index (χ1n) is 4.62. The van der Waals surface area contributed by atoms with E-state index in [9.17, 15) is 4.79 Å². The number of hydrogen-bond acceptors (Lipinski definition) is 2.